The zero-order chi connectivity index (χ0) is 15.8. The zero-order valence-electron chi connectivity index (χ0n) is 12.0. The molecule has 5 nitrogen and oxygen atoms in total. The number of carbonyl (C=O) groups excluding carboxylic acids is 1. The molecule has 0 spiro atoms. The third-order valence-electron chi connectivity index (χ3n) is 2.80. The van der Waals surface area contributed by atoms with Gasteiger partial charge in [-0.15, -0.1) is 0 Å². The first-order valence-electron chi connectivity index (χ1n) is 6.63. The summed E-state index contributed by atoms with van der Waals surface area (Å²) in [4.78, 5) is 11.7. The first-order valence-corrected chi connectivity index (χ1v) is 7.42. The predicted octanol–water partition coefficient (Wildman–Crippen LogP) is 3.02. The van der Waals surface area contributed by atoms with E-state index in [1.165, 1.54) is 0 Å². The molecule has 114 valence electrons. The number of hydrogen-bond donors (Lipinski definition) is 2. The molecule has 0 atom stereocenters. The summed E-state index contributed by atoms with van der Waals surface area (Å²) in [6.45, 7) is 0.107. The lowest BCUT2D eigenvalue weighted by Gasteiger charge is -2.09. The molecule has 0 saturated carbocycles. The number of rotatable bonds is 6. The van der Waals surface area contributed by atoms with Crippen LogP contribution >= 0.6 is 15.9 Å². The summed E-state index contributed by atoms with van der Waals surface area (Å²) in [5, 5.41) is 6.92. The van der Waals surface area contributed by atoms with Crippen LogP contribution in [0.1, 0.15) is 5.56 Å². The van der Waals surface area contributed by atoms with Crippen molar-refractivity contribution < 1.29 is 9.53 Å². The number of benzene rings is 2. The van der Waals surface area contributed by atoms with Crippen LogP contribution in [0.15, 0.2) is 58.1 Å². The van der Waals surface area contributed by atoms with Crippen LogP contribution in [0.3, 0.4) is 0 Å². The Hall–Kier alpha value is -2.34. The van der Waals surface area contributed by atoms with Crippen LogP contribution in [-0.2, 0) is 4.79 Å². The SMILES string of the molecule is COc1ccccc1NCC(=O)NN=Cc1cccc(Br)c1. The monoisotopic (exact) mass is 361 g/mol. The molecule has 0 aliphatic carbocycles. The van der Waals surface area contributed by atoms with Crippen LogP contribution in [0.25, 0.3) is 0 Å². The van der Waals surface area contributed by atoms with Gasteiger partial charge >= 0.3 is 0 Å². The summed E-state index contributed by atoms with van der Waals surface area (Å²) < 4.78 is 6.16. The highest BCUT2D eigenvalue weighted by atomic mass is 79.9. The Morgan fingerprint density at radius 2 is 2.09 bits per heavy atom. The number of para-hydroxylation sites is 2. The molecule has 0 fully saturated rings. The lowest BCUT2D eigenvalue weighted by Crippen LogP contribution is -2.26. The molecule has 22 heavy (non-hydrogen) atoms. The maximum Gasteiger partial charge on any atom is 0.259 e. The summed E-state index contributed by atoms with van der Waals surface area (Å²) in [6, 6.07) is 15.0. The number of halogens is 1. The topological polar surface area (TPSA) is 62.7 Å². The molecule has 0 aliphatic heterocycles. The number of ether oxygens (including phenoxy) is 1. The van der Waals surface area contributed by atoms with Gasteiger partial charge in [0.1, 0.15) is 5.75 Å². The number of methoxy groups -OCH3 is 1. The van der Waals surface area contributed by atoms with E-state index < -0.39 is 0 Å². The summed E-state index contributed by atoms with van der Waals surface area (Å²) in [5.41, 5.74) is 4.13. The van der Waals surface area contributed by atoms with Gasteiger partial charge in [-0.25, -0.2) is 5.43 Å². The Bertz CT molecular complexity index is 674. The lowest BCUT2D eigenvalue weighted by molar-refractivity contribution is -0.119. The van der Waals surface area contributed by atoms with E-state index in [2.05, 4.69) is 31.8 Å². The fraction of sp³-hybridized carbons (Fsp3) is 0.125. The molecule has 0 aromatic heterocycles. The minimum Gasteiger partial charge on any atom is -0.495 e. The van der Waals surface area contributed by atoms with Gasteiger partial charge in [0, 0.05) is 4.47 Å². The first-order chi connectivity index (χ1) is 10.7. The van der Waals surface area contributed by atoms with Crippen molar-refractivity contribution in [2.45, 2.75) is 0 Å². The largest absolute Gasteiger partial charge is 0.495 e. The number of carbonyl (C=O) groups is 1. The predicted molar refractivity (Wildman–Crippen MR) is 91.4 cm³/mol. The van der Waals surface area contributed by atoms with E-state index in [0.717, 1.165) is 15.7 Å². The normalized spacial score (nSPS) is 10.5. The molecule has 0 aliphatic rings. The Kier molecular flexibility index (Phi) is 5.97. The molecule has 2 aromatic rings. The molecule has 2 rings (SSSR count). The highest BCUT2D eigenvalue weighted by Crippen LogP contribution is 2.22. The summed E-state index contributed by atoms with van der Waals surface area (Å²) in [6.07, 6.45) is 1.59. The van der Waals surface area contributed by atoms with Crippen LogP contribution in [-0.4, -0.2) is 25.8 Å². The fourth-order valence-electron chi connectivity index (χ4n) is 1.77. The number of nitrogens with one attached hydrogen (secondary N) is 2. The molecule has 1 amide bonds. The molecule has 0 heterocycles. The van der Waals surface area contributed by atoms with Gasteiger partial charge in [-0.2, -0.15) is 5.10 Å². The number of anilines is 1. The van der Waals surface area contributed by atoms with Gasteiger partial charge in [-0.3, -0.25) is 4.79 Å². The van der Waals surface area contributed by atoms with Gasteiger partial charge in [0.15, 0.2) is 0 Å². The van der Waals surface area contributed by atoms with Crippen molar-refractivity contribution in [1.82, 2.24) is 5.43 Å². The second-order valence-corrected chi connectivity index (χ2v) is 5.32. The van der Waals surface area contributed by atoms with Gasteiger partial charge in [-0.1, -0.05) is 40.2 Å². The summed E-state index contributed by atoms with van der Waals surface area (Å²) >= 11 is 3.38. The highest BCUT2D eigenvalue weighted by molar-refractivity contribution is 9.10. The molecule has 0 radical (unpaired) electrons. The molecule has 0 saturated heterocycles. The number of hydrazone groups is 1. The second-order valence-electron chi connectivity index (χ2n) is 4.40. The van der Waals surface area contributed by atoms with E-state index in [1.54, 1.807) is 13.3 Å². The van der Waals surface area contributed by atoms with Gasteiger partial charge in [0.05, 0.1) is 25.6 Å². The molecular formula is C16H16BrN3O2. The average Bonchev–Trinajstić information content (AvgIpc) is 2.53. The van der Waals surface area contributed by atoms with Gasteiger partial charge < -0.3 is 10.1 Å². The van der Waals surface area contributed by atoms with E-state index >= 15 is 0 Å². The van der Waals surface area contributed by atoms with Crippen molar-refractivity contribution in [1.29, 1.82) is 0 Å². The van der Waals surface area contributed by atoms with E-state index in [1.807, 2.05) is 48.5 Å². The number of hydrogen-bond acceptors (Lipinski definition) is 4. The van der Waals surface area contributed by atoms with Crippen molar-refractivity contribution in [3.8, 4) is 5.75 Å². The minimum atomic E-state index is -0.239. The average molecular weight is 362 g/mol. The van der Waals surface area contributed by atoms with E-state index in [4.69, 9.17) is 4.74 Å². The van der Waals surface area contributed by atoms with Gasteiger partial charge in [-0.05, 0) is 29.8 Å². The Balaban J connectivity index is 1.83. The van der Waals surface area contributed by atoms with Crippen molar-refractivity contribution >= 4 is 33.7 Å². The van der Waals surface area contributed by atoms with E-state index in [9.17, 15) is 4.79 Å². The van der Waals surface area contributed by atoms with Crippen LogP contribution in [0.4, 0.5) is 5.69 Å². The molecule has 2 N–H and O–H groups in total. The Labute approximate surface area is 137 Å². The smallest absolute Gasteiger partial charge is 0.259 e. The van der Waals surface area contributed by atoms with Gasteiger partial charge in [0.25, 0.3) is 5.91 Å². The van der Waals surface area contributed by atoms with E-state index in [-0.39, 0.29) is 12.5 Å². The van der Waals surface area contributed by atoms with Crippen LogP contribution in [0, 0.1) is 0 Å². The lowest BCUT2D eigenvalue weighted by atomic mass is 10.2. The maximum atomic E-state index is 11.7. The third kappa shape index (κ3) is 4.89. The van der Waals surface area contributed by atoms with Crippen LogP contribution in [0.5, 0.6) is 5.75 Å². The van der Waals surface area contributed by atoms with Crippen molar-refractivity contribution in [2.75, 3.05) is 19.0 Å². The molecular weight excluding hydrogens is 346 g/mol. The first kappa shape index (κ1) is 16.0. The van der Waals surface area contributed by atoms with Crippen molar-refractivity contribution in [3.63, 3.8) is 0 Å². The van der Waals surface area contributed by atoms with Gasteiger partial charge in [0.2, 0.25) is 0 Å². The zero-order valence-corrected chi connectivity index (χ0v) is 13.6. The molecule has 2 aromatic carbocycles. The van der Waals surface area contributed by atoms with Crippen LogP contribution < -0.4 is 15.5 Å². The second kappa shape index (κ2) is 8.19. The fourth-order valence-corrected chi connectivity index (χ4v) is 2.19. The minimum absolute atomic E-state index is 0.107. The highest BCUT2D eigenvalue weighted by Gasteiger charge is 2.03. The quantitative estimate of drug-likeness (QED) is 0.613. The Morgan fingerprint density at radius 3 is 2.86 bits per heavy atom. The Morgan fingerprint density at radius 1 is 1.27 bits per heavy atom. The van der Waals surface area contributed by atoms with Crippen molar-refractivity contribution in [2.24, 2.45) is 5.10 Å². The van der Waals surface area contributed by atoms with Crippen LogP contribution in [0.2, 0.25) is 0 Å². The van der Waals surface area contributed by atoms with Crippen molar-refractivity contribution in [3.05, 3.63) is 58.6 Å². The molecule has 0 bridgehead atoms. The third-order valence-corrected chi connectivity index (χ3v) is 3.29. The standard InChI is InChI=1S/C16H16BrN3O2/c1-22-15-8-3-2-7-14(15)18-11-16(21)20-19-10-12-5-4-6-13(17)9-12/h2-10,18H,11H2,1H3,(H,20,21). The summed E-state index contributed by atoms with van der Waals surface area (Å²) in [5.74, 6) is 0.449. The maximum absolute atomic E-state index is 11.7. The van der Waals surface area contributed by atoms with E-state index in [0.29, 0.717) is 5.75 Å². The number of nitrogens with zero attached hydrogens (tertiary/aromatic N) is 1. The molecule has 0 unspecified atom stereocenters. The summed E-state index contributed by atoms with van der Waals surface area (Å²) in [7, 11) is 1.59. The number of amides is 1. The molecule has 6 heteroatoms.